The van der Waals surface area contributed by atoms with Gasteiger partial charge >= 0.3 is 0 Å². The molecule has 0 atom stereocenters. The number of amides is 2. The van der Waals surface area contributed by atoms with Crippen LogP contribution in [-0.4, -0.2) is 47.4 Å². The Hall–Kier alpha value is -4.05. The van der Waals surface area contributed by atoms with E-state index in [1.807, 2.05) is 74.3 Å². The van der Waals surface area contributed by atoms with E-state index in [1.165, 1.54) is 0 Å². The van der Waals surface area contributed by atoms with Crippen molar-refractivity contribution in [3.05, 3.63) is 71.3 Å². The quantitative estimate of drug-likeness (QED) is 0.385. The predicted molar refractivity (Wildman–Crippen MR) is 139 cm³/mol. The van der Waals surface area contributed by atoms with Crippen molar-refractivity contribution in [3.63, 3.8) is 0 Å². The lowest BCUT2D eigenvalue weighted by molar-refractivity contribution is -0.115. The summed E-state index contributed by atoms with van der Waals surface area (Å²) in [4.78, 5) is 34.0. The van der Waals surface area contributed by atoms with E-state index in [-0.39, 0.29) is 17.3 Å². The van der Waals surface area contributed by atoms with Gasteiger partial charge in [-0.05, 0) is 73.6 Å². The average Bonchev–Trinajstić information content (AvgIpc) is 3.17. The average molecular weight is 507 g/mol. The number of likely N-dealkylation sites (N-methyl/N-ethyl adjacent to an activating group) is 1. The van der Waals surface area contributed by atoms with Crippen LogP contribution in [0.25, 0.3) is 6.08 Å². The number of carbonyl (C=O) groups excluding carboxylic acids is 2. The van der Waals surface area contributed by atoms with Gasteiger partial charge in [0.2, 0.25) is 11.8 Å². The van der Waals surface area contributed by atoms with Gasteiger partial charge in [-0.15, -0.1) is 0 Å². The Labute approximate surface area is 213 Å². The van der Waals surface area contributed by atoms with Crippen LogP contribution in [0.3, 0.4) is 0 Å². The van der Waals surface area contributed by atoms with Gasteiger partial charge in [-0.2, -0.15) is 4.98 Å². The molecule has 4 rings (SSSR count). The van der Waals surface area contributed by atoms with Gasteiger partial charge in [0.05, 0.1) is 17.6 Å². The van der Waals surface area contributed by atoms with Crippen molar-refractivity contribution in [1.29, 1.82) is 0 Å². The van der Waals surface area contributed by atoms with Crippen molar-refractivity contribution in [2.75, 3.05) is 25.1 Å². The van der Waals surface area contributed by atoms with Crippen LogP contribution in [0, 0.1) is 0 Å². The Balaban J connectivity index is 1.27. The van der Waals surface area contributed by atoms with Gasteiger partial charge in [-0.25, -0.2) is 4.98 Å². The van der Waals surface area contributed by atoms with Crippen LogP contribution in [0.1, 0.15) is 19.4 Å². The topological polar surface area (TPSA) is 103 Å². The Morgan fingerprint density at radius 3 is 2.36 bits per heavy atom. The van der Waals surface area contributed by atoms with Crippen LogP contribution in [0.15, 0.2) is 65.7 Å². The van der Waals surface area contributed by atoms with Crippen molar-refractivity contribution in [1.82, 2.24) is 15.3 Å². The minimum absolute atomic E-state index is 0.108. The number of anilines is 1. The highest BCUT2D eigenvalue weighted by Crippen LogP contribution is 2.26. The molecule has 0 spiro atoms. The Morgan fingerprint density at radius 1 is 1.00 bits per heavy atom. The van der Waals surface area contributed by atoms with Crippen molar-refractivity contribution < 1.29 is 23.8 Å². The van der Waals surface area contributed by atoms with Gasteiger partial charge in [-0.1, -0.05) is 12.1 Å². The van der Waals surface area contributed by atoms with Gasteiger partial charge in [-0.3, -0.25) is 14.9 Å². The Morgan fingerprint density at radius 2 is 1.69 bits per heavy atom. The first-order valence-electron chi connectivity index (χ1n) is 11.3. The molecule has 1 aromatic heterocycles. The van der Waals surface area contributed by atoms with Gasteiger partial charge in [0.1, 0.15) is 23.9 Å². The number of nitrogens with one attached hydrogen (secondary N) is 1. The lowest BCUT2D eigenvalue weighted by atomic mass is 10.2. The molecule has 2 amide bonds. The van der Waals surface area contributed by atoms with Gasteiger partial charge < -0.3 is 19.1 Å². The Kier molecular flexibility index (Phi) is 8.06. The zero-order valence-electron chi connectivity index (χ0n) is 20.1. The predicted octanol–water partition coefficient (Wildman–Crippen LogP) is 4.90. The first-order valence-corrected chi connectivity index (χ1v) is 12.1. The molecular weight excluding hydrogens is 480 g/mol. The lowest BCUT2D eigenvalue weighted by Gasteiger charge is -2.18. The van der Waals surface area contributed by atoms with E-state index in [1.54, 1.807) is 18.3 Å². The van der Waals surface area contributed by atoms with Crippen molar-refractivity contribution >= 4 is 34.9 Å². The lowest BCUT2D eigenvalue weighted by Crippen LogP contribution is -2.25. The second-order valence-electron chi connectivity index (χ2n) is 8.13. The summed E-state index contributed by atoms with van der Waals surface area (Å²) >= 11 is 0.890. The monoisotopic (exact) mass is 506 g/mol. The normalized spacial score (nSPS) is 14.2. The molecule has 36 heavy (non-hydrogen) atoms. The highest BCUT2D eigenvalue weighted by Gasteiger charge is 2.24. The molecule has 1 aliphatic heterocycles. The molecule has 2 heterocycles. The van der Waals surface area contributed by atoms with E-state index in [2.05, 4.69) is 15.3 Å². The van der Waals surface area contributed by atoms with E-state index in [4.69, 9.17) is 14.2 Å². The molecule has 0 aliphatic carbocycles. The van der Waals surface area contributed by atoms with Gasteiger partial charge in [0, 0.05) is 19.3 Å². The molecule has 2 aromatic carbocycles. The largest absolute Gasteiger partial charge is 0.492 e. The van der Waals surface area contributed by atoms with Crippen LogP contribution in [0.2, 0.25) is 0 Å². The highest BCUT2D eigenvalue weighted by molar-refractivity contribution is 8.18. The van der Waals surface area contributed by atoms with Gasteiger partial charge in [0.15, 0.2) is 0 Å². The number of imide groups is 1. The second-order valence-corrected chi connectivity index (χ2v) is 9.14. The third-order valence-corrected chi connectivity index (χ3v) is 5.70. The van der Waals surface area contributed by atoms with Crippen LogP contribution in [-0.2, 0) is 4.79 Å². The fourth-order valence-electron chi connectivity index (χ4n) is 3.19. The fraction of sp³-hybridized carbons (Fsp3) is 0.231. The molecule has 186 valence electrons. The first kappa shape index (κ1) is 25.1. The number of benzene rings is 2. The van der Waals surface area contributed by atoms with E-state index in [9.17, 15) is 9.59 Å². The van der Waals surface area contributed by atoms with Crippen LogP contribution >= 0.6 is 11.8 Å². The Bertz CT molecular complexity index is 1250. The van der Waals surface area contributed by atoms with E-state index in [0.717, 1.165) is 23.1 Å². The maximum absolute atomic E-state index is 11.7. The van der Waals surface area contributed by atoms with E-state index in [0.29, 0.717) is 41.4 Å². The summed E-state index contributed by atoms with van der Waals surface area (Å²) < 4.78 is 17.3. The molecule has 10 heteroatoms. The smallest absolute Gasteiger partial charge is 0.290 e. The maximum Gasteiger partial charge on any atom is 0.290 e. The molecule has 1 aliphatic rings. The molecule has 3 aromatic rings. The fourth-order valence-corrected chi connectivity index (χ4v) is 3.87. The van der Waals surface area contributed by atoms with E-state index >= 15 is 0 Å². The number of hydrogen-bond acceptors (Lipinski definition) is 9. The number of nitrogens with zero attached hydrogens (tertiary/aromatic N) is 3. The summed E-state index contributed by atoms with van der Waals surface area (Å²) in [5.74, 6) is 2.70. The summed E-state index contributed by atoms with van der Waals surface area (Å²) in [6.07, 6.45) is 3.42. The molecule has 0 saturated carbocycles. The molecule has 1 N–H and O–H groups in total. The number of hydrogen-bond donors (Lipinski definition) is 1. The van der Waals surface area contributed by atoms with Crippen molar-refractivity contribution in [3.8, 4) is 23.1 Å². The van der Waals surface area contributed by atoms with Crippen LogP contribution in [0.5, 0.6) is 23.1 Å². The molecule has 1 saturated heterocycles. The molecule has 1 fully saturated rings. The summed E-state index contributed by atoms with van der Waals surface area (Å²) in [6.45, 7) is 4.92. The molecule has 9 nitrogen and oxygen atoms in total. The maximum atomic E-state index is 11.7. The minimum Gasteiger partial charge on any atom is -0.492 e. The summed E-state index contributed by atoms with van der Waals surface area (Å²) in [6, 6.07) is 16.4. The number of thioether (sulfide) groups is 1. The highest BCUT2D eigenvalue weighted by atomic mass is 32.2. The molecule has 0 radical (unpaired) electrons. The third kappa shape index (κ3) is 6.98. The molecule has 0 unspecified atom stereocenters. The first-order chi connectivity index (χ1) is 17.4. The number of carbonyl (C=O) groups is 2. The zero-order chi connectivity index (χ0) is 25.5. The zero-order valence-corrected chi connectivity index (χ0v) is 21.0. The standard InChI is InChI=1S/C26H26N4O5S/c1-17(2)34-20-8-10-21(11-9-20)35-23-12-13-27-25(28-23)30(3)14-15-33-19-6-4-18(5-7-19)16-22-24(31)29-26(32)36-22/h4-13,16-17H,14-15H2,1-3H3,(H,29,31,32)/b22-16-. The third-order valence-electron chi connectivity index (χ3n) is 4.89. The van der Waals surface area contributed by atoms with Gasteiger partial charge in [0.25, 0.3) is 11.1 Å². The van der Waals surface area contributed by atoms with E-state index < -0.39 is 0 Å². The molecule has 0 bridgehead atoms. The van der Waals surface area contributed by atoms with Crippen molar-refractivity contribution in [2.24, 2.45) is 0 Å². The van der Waals surface area contributed by atoms with Crippen LogP contribution in [0.4, 0.5) is 10.7 Å². The van der Waals surface area contributed by atoms with Crippen molar-refractivity contribution in [2.45, 2.75) is 20.0 Å². The summed E-state index contributed by atoms with van der Waals surface area (Å²) in [5, 5.41) is 1.88. The van der Waals surface area contributed by atoms with Crippen LogP contribution < -0.4 is 24.4 Å². The second kappa shape index (κ2) is 11.6. The number of ether oxygens (including phenoxy) is 3. The minimum atomic E-state index is -0.376. The molecular formula is C26H26N4O5S. The summed E-state index contributed by atoms with van der Waals surface area (Å²) in [7, 11) is 1.88. The number of aromatic nitrogens is 2. The number of rotatable bonds is 10. The SMILES string of the molecule is CC(C)Oc1ccc(Oc2ccnc(N(C)CCOc3ccc(/C=C4\SC(=O)NC4=O)cc3)n2)cc1. The summed E-state index contributed by atoms with van der Waals surface area (Å²) in [5.41, 5.74) is 0.805.